The Morgan fingerprint density at radius 1 is 1.17 bits per heavy atom. The Balaban J connectivity index is 2.75. The standard InChI is InChI=1S/C15H23NO2/c1-10(2)14(15(17)18-5)16-12(4)13-8-6-11(3)7-9-13/h6-10,12,14,16H,1-5H3/t12?,14-/m0/s1. The quantitative estimate of drug-likeness (QED) is 0.815. The molecule has 2 atom stereocenters. The number of hydrogen-bond donors (Lipinski definition) is 1. The first kappa shape index (κ1) is 14.7. The van der Waals surface area contributed by atoms with Crippen molar-refractivity contribution in [2.24, 2.45) is 5.92 Å². The van der Waals surface area contributed by atoms with E-state index in [1.165, 1.54) is 18.2 Å². The second-order valence-corrected chi connectivity index (χ2v) is 5.04. The lowest BCUT2D eigenvalue weighted by Crippen LogP contribution is -2.42. The molecule has 3 nitrogen and oxygen atoms in total. The Morgan fingerprint density at radius 2 is 1.72 bits per heavy atom. The van der Waals surface area contributed by atoms with Crippen LogP contribution in [0.3, 0.4) is 0 Å². The van der Waals surface area contributed by atoms with E-state index in [0.717, 1.165) is 0 Å². The fourth-order valence-electron chi connectivity index (χ4n) is 1.88. The summed E-state index contributed by atoms with van der Waals surface area (Å²) in [5.41, 5.74) is 2.41. The summed E-state index contributed by atoms with van der Waals surface area (Å²) in [5, 5.41) is 3.33. The van der Waals surface area contributed by atoms with Crippen LogP contribution >= 0.6 is 0 Å². The van der Waals surface area contributed by atoms with Crippen LogP contribution in [0, 0.1) is 12.8 Å². The lowest BCUT2D eigenvalue weighted by molar-refractivity contribution is -0.144. The third-order valence-corrected chi connectivity index (χ3v) is 3.13. The Labute approximate surface area is 110 Å². The zero-order valence-electron chi connectivity index (χ0n) is 11.9. The smallest absolute Gasteiger partial charge is 0.323 e. The van der Waals surface area contributed by atoms with Crippen LogP contribution in [-0.2, 0) is 9.53 Å². The number of nitrogens with one attached hydrogen (secondary N) is 1. The molecular formula is C15H23NO2. The molecule has 0 saturated carbocycles. The minimum absolute atomic E-state index is 0.122. The van der Waals surface area contributed by atoms with E-state index in [9.17, 15) is 4.79 Å². The van der Waals surface area contributed by atoms with Gasteiger partial charge < -0.3 is 4.74 Å². The Morgan fingerprint density at radius 3 is 2.17 bits per heavy atom. The monoisotopic (exact) mass is 249 g/mol. The highest BCUT2D eigenvalue weighted by molar-refractivity contribution is 5.76. The molecule has 1 N–H and O–H groups in total. The predicted molar refractivity (Wildman–Crippen MR) is 73.4 cm³/mol. The van der Waals surface area contributed by atoms with Crippen LogP contribution in [0.1, 0.15) is 37.9 Å². The molecule has 0 aliphatic carbocycles. The first-order valence-corrected chi connectivity index (χ1v) is 6.36. The van der Waals surface area contributed by atoms with E-state index >= 15 is 0 Å². The number of esters is 1. The molecule has 0 aromatic heterocycles. The van der Waals surface area contributed by atoms with Crippen molar-refractivity contribution in [3.63, 3.8) is 0 Å². The molecule has 100 valence electrons. The molecule has 0 radical (unpaired) electrons. The van der Waals surface area contributed by atoms with E-state index in [2.05, 4.69) is 43.4 Å². The summed E-state index contributed by atoms with van der Waals surface area (Å²) in [5.74, 6) is -0.00527. The lowest BCUT2D eigenvalue weighted by atomic mass is 10.0. The number of benzene rings is 1. The molecule has 0 bridgehead atoms. The molecule has 3 heteroatoms. The molecule has 0 amide bonds. The van der Waals surface area contributed by atoms with Crippen LogP contribution in [0.2, 0.25) is 0 Å². The summed E-state index contributed by atoms with van der Waals surface area (Å²) in [6.45, 7) is 8.14. The summed E-state index contributed by atoms with van der Waals surface area (Å²) < 4.78 is 4.83. The van der Waals surface area contributed by atoms with Gasteiger partial charge in [0, 0.05) is 6.04 Å². The van der Waals surface area contributed by atoms with Gasteiger partial charge in [-0.1, -0.05) is 43.7 Å². The number of hydrogen-bond acceptors (Lipinski definition) is 3. The second-order valence-electron chi connectivity index (χ2n) is 5.04. The molecule has 0 heterocycles. The highest BCUT2D eigenvalue weighted by Gasteiger charge is 2.24. The number of carbonyl (C=O) groups excluding carboxylic acids is 1. The number of rotatable bonds is 5. The Hall–Kier alpha value is -1.35. The molecule has 0 spiro atoms. The van der Waals surface area contributed by atoms with Crippen LogP contribution < -0.4 is 5.32 Å². The van der Waals surface area contributed by atoms with Gasteiger partial charge in [-0.3, -0.25) is 10.1 Å². The van der Waals surface area contributed by atoms with Gasteiger partial charge in [0.05, 0.1) is 7.11 Å². The van der Waals surface area contributed by atoms with Gasteiger partial charge in [-0.15, -0.1) is 0 Å². The molecular weight excluding hydrogens is 226 g/mol. The van der Waals surface area contributed by atoms with Gasteiger partial charge in [0.2, 0.25) is 0 Å². The fourth-order valence-corrected chi connectivity index (χ4v) is 1.88. The number of ether oxygens (including phenoxy) is 1. The van der Waals surface area contributed by atoms with Crippen molar-refractivity contribution in [2.45, 2.75) is 39.8 Å². The van der Waals surface area contributed by atoms with Crippen LogP contribution in [0.25, 0.3) is 0 Å². The molecule has 0 saturated heterocycles. The third-order valence-electron chi connectivity index (χ3n) is 3.13. The molecule has 1 rings (SSSR count). The van der Waals surface area contributed by atoms with E-state index in [1.807, 2.05) is 13.8 Å². The minimum atomic E-state index is -0.272. The first-order valence-electron chi connectivity index (χ1n) is 6.36. The zero-order chi connectivity index (χ0) is 13.7. The molecule has 0 aliphatic rings. The third kappa shape index (κ3) is 3.84. The average Bonchev–Trinajstić information content (AvgIpc) is 2.35. The Bertz CT molecular complexity index is 384. The van der Waals surface area contributed by atoms with Crippen molar-refractivity contribution in [3.8, 4) is 0 Å². The summed E-state index contributed by atoms with van der Waals surface area (Å²) in [7, 11) is 1.43. The van der Waals surface area contributed by atoms with Gasteiger partial charge in [-0.05, 0) is 25.3 Å². The maximum Gasteiger partial charge on any atom is 0.323 e. The lowest BCUT2D eigenvalue weighted by Gasteiger charge is -2.24. The molecule has 1 unspecified atom stereocenters. The SMILES string of the molecule is COC(=O)[C@@H](NC(C)c1ccc(C)cc1)C(C)C. The number of aryl methyl sites for hydroxylation is 1. The molecule has 18 heavy (non-hydrogen) atoms. The van der Waals surface area contributed by atoms with Crippen molar-refractivity contribution in [1.29, 1.82) is 0 Å². The number of methoxy groups -OCH3 is 1. The van der Waals surface area contributed by atoms with Crippen molar-refractivity contribution < 1.29 is 9.53 Å². The topological polar surface area (TPSA) is 38.3 Å². The van der Waals surface area contributed by atoms with Crippen LogP contribution in [-0.4, -0.2) is 19.1 Å². The average molecular weight is 249 g/mol. The normalized spacial score (nSPS) is 14.3. The predicted octanol–water partition coefficient (Wildman–Crippen LogP) is 2.84. The van der Waals surface area contributed by atoms with E-state index in [0.29, 0.717) is 0 Å². The van der Waals surface area contributed by atoms with Gasteiger partial charge >= 0.3 is 5.97 Å². The van der Waals surface area contributed by atoms with Gasteiger partial charge in [0.25, 0.3) is 0 Å². The fraction of sp³-hybridized carbons (Fsp3) is 0.533. The highest BCUT2D eigenvalue weighted by Crippen LogP contribution is 2.16. The summed E-state index contributed by atoms with van der Waals surface area (Å²) >= 11 is 0. The van der Waals surface area contributed by atoms with E-state index in [4.69, 9.17) is 4.74 Å². The van der Waals surface area contributed by atoms with Crippen LogP contribution in [0.4, 0.5) is 0 Å². The summed E-state index contributed by atoms with van der Waals surface area (Å²) in [6, 6.07) is 8.18. The largest absolute Gasteiger partial charge is 0.468 e. The molecule has 1 aromatic rings. The van der Waals surface area contributed by atoms with Gasteiger partial charge in [0.1, 0.15) is 6.04 Å². The van der Waals surface area contributed by atoms with Crippen molar-refractivity contribution >= 4 is 5.97 Å². The second kappa shape index (κ2) is 6.55. The van der Waals surface area contributed by atoms with Crippen molar-refractivity contribution in [1.82, 2.24) is 5.32 Å². The summed E-state index contributed by atoms with van der Waals surface area (Å²) in [6.07, 6.45) is 0. The zero-order valence-corrected chi connectivity index (χ0v) is 11.9. The first-order chi connectivity index (χ1) is 8.45. The minimum Gasteiger partial charge on any atom is -0.468 e. The molecule has 0 fully saturated rings. The van der Waals surface area contributed by atoms with Crippen LogP contribution in [0.15, 0.2) is 24.3 Å². The van der Waals surface area contributed by atoms with E-state index < -0.39 is 0 Å². The van der Waals surface area contributed by atoms with Crippen LogP contribution in [0.5, 0.6) is 0 Å². The maximum absolute atomic E-state index is 11.7. The van der Waals surface area contributed by atoms with Crippen molar-refractivity contribution in [3.05, 3.63) is 35.4 Å². The van der Waals surface area contributed by atoms with E-state index in [-0.39, 0.29) is 24.0 Å². The van der Waals surface area contributed by atoms with Gasteiger partial charge in [0.15, 0.2) is 0 Å². The van der Waals surface area contributed by atoms with Crippen molar-refractivity contribution in [2.75, 3.05) is 7.11 Å². The molecule has 1 aromatic carbocycles. The Kier molecular flexibility index (Phi) is 5.35. The van der Waals surface area contributed by atoms with E-state index in [1.54, 1.807) is 0 Å². The maximum atomic E-state index is 11.7. The van der Waals surface area contributed by atoms with Gasteiger partial charge in [-0.25, -0.2) is 0 Å². The highest BCUT2D eigenvalue weighted by atomic mass is 16.5. The van der Waals surface area contributed by atoms with Gasteiger partial charge in [-0.2, -0.15) is 0 Å². The molecule has 0 aliphatic heterocycles. The number of carbonyl (C=O) groups is 1. The summed E-state index contributed by atoms with van der Waals surface area (Å²) in [4.78, 5) is 11.7.